The number of aryl methyl sites for hydroxylation is 1. The van der Waals surface area contributed by atoms with Gasteiger partial charge in [-0.15, -0.1) is 0 Å². The van der Waals surface area contributed by atoms with Crippen LogP contribution in [0, 0.1) is 6.92 Å². The van der Waals surface area contributed by atoms with Gasteiger partial charge in [0, 0.05) is 11.1 Å². The molecule has 4 rings (SSSR count). The lowest BCUT2D eigenvalue weighted by atomic mass is 9.99. The van der Waals surface area contributed by atoms with Crippen molar-refractivity contribution in [1.82, 2.24) is 0 Å². The van der Waals surface area contributed by atoms with Crippen LogP contribution in [-0.2, 0) is 11.4 Å². The molecule has 2 aromatic carbocycles. The summed E-state index contributed by atoms with van der Waals surface area (Å²) in [5.41, 5.74) is 5.81. The minimum Gasteiger partial charge on any atom is -0.489 e. The largest absolute Gasteiger partial charge is 0.489 e. The van der Waals surface area contributed by atoms with E-state index in [1.165, 1.54) is 0 Å². The first kappa shape index (κ1) is 19.4. The summed E-state index contributed by atoms with van der Waals surface area (Å²) in [7, 11) is 0. The molecule has 0 saturated heterocycles. The standard InChI is InChI=1S/C24H20O6/c1-16-8-22(2-3-23(16)30-15-24(25)26)29-12-17-9-20(18-4-6-27-13-18)11-21(10-17)19-5-7-28-14-19/h2-11,13-14H,12,15H2,1H3,(H,25,26). The summed E-state index contributed by atoms with van der Waals surface area (Å²) >= 11 is 0. The first-order valence-corrected chi connectivity index (χ1v) is 9.35. The highest BCUT2D eigenvalue weighted by Crippen LogP contribution is 2.30. The number of hydrogen-bond acceptors (Lipinski definition) is 5. The van der Waals surface area contributed by atoms with Gasteiger partial charge < -0.3 is 23.4 Å². The van der Waals surface area contributed by atoms with E-state index >= 15 is 0 Å². The zero-order chi connectivity index (χ0) is 20.9. The lowest BCUT2D eigenvalue weighted by Gasteiger charge is -2.12. The Morgan fingerprint density at radius 1 is 0.867 bits per heavy atom. The summed E-state index contributed by atoms with van der Waals surface area (Å²) in [5, 5.41) is 8.75. The van der Waals surface area contributed by atoms with Gasteiger partial charge in [-0.25, -0.2) is 4.79 Å². The van der Waals surface area contributed by atoms with Crippen LogP contribution in [0.1, 0.15) is 11.1 Å². The highest BCUT2D eigenvalue weighted by Gasteiger charge is 2.09. The molecule has 0 bridgehead atoms. The quantitative estimate of drug-likeness (QED) is 0.414. The fraction of sp³-hybridized carbons (Fsp3) is 0.125. The molecule has 0 fully saturated rings. The molecule has 2 aromatic heterocycles. The minimum atomic E-state index is -1.01. The maximum Gasteiger partial charge on any atom is 0.341 e. The molecule has 0 unspecified atom stereocenters. The van der Waals surface area contributed by atoms with Crippen molar-refractivity contribution in [2.75, 3.05) is 6.61 Å². The van der Waals surface area contributed by atoms with Gasteiger partial charge in [-0.05, 0) is 77.7 Å². The first-order valence-electron chi connectivity index (χ1n) is 9.35. The van der Waals surface area contributed by atoms with Gasteiger partial charge in [0.05, 0.1) is 25.1 Å². The van der Waals surface area contributed by atoms with Gasteiger partial charge in [-0.1, -0.05) is 0 Å². The Kier molecular flexibility index (Phi) is 5.57. The third-order valence-corrected chi connectivity index (χ3v) is 4.60. The number of carboxylic acid groups (broad SMARTS) is 1. The van der Waals surface area contributed by atoms with Gasteiger partial charge in [0.2, 0.25) is 0 Å². The number of ether oxygens (including phenoxy) is 2. The van der Waals surface area contributed by atoms with E-state index in [2.05, 4.69) is 18.2 Å². The molecule has 6 nitrogen and oxygen atoms in total. The second-order valence-electron chi connectivity index (χ2n) is 6.84. The van der Waals surface area contributed by atoms with E-state index < -0.39 is 5.97 Å². The van der Waals surface area contributed by atoms with Gasteiger partial charge in [0.15, 0.2) is 6.61 Å². The van der Waals surface area contributed by atoms with E-state index in [9.17, 15) is 4.79 Å². The summed E-state index contributed by atoms with van der Waals surface area (Å²) in [6.07, 6.45) is 6.70. The lowest BCUT2D eigenvalue weighted by molar-refractivity contribution is -0.139. The smallest absolute Gasteiger partial charge is 0.341 e. The van der Waals surface area contributed by atoms with Gasteiger partial charge in [0.25, 0.3) is 0 Å². The Hall–Kier alpha value is -3.93. The molecule has 30 heavy (non-hydrogen) atoms. The number of carboxylic acids is 1. The Bertz CT molecular complexity index is 1070. The minimum absolute atomic E-state index is 0.366. The molecule has 1 N–H and O–H groups in total. The molecule has 0 aliphatic carbocycles. The van der Waals surface area contributed by atoms with Crippen LogP contribution in [0.25, 0.3) is 22.3 Å². The van der Waals surface area contributed by atoms with Crippen molar-refractivity contribution >= 4 is 5.97 Å². The molecule has 0 aliphatic rings. The number of furan rings is 2. The Balaban J connectivity index is 1.54. The zero-order valence-corrected chi connectivity index (χ0v) is 16.3. The van der Waals surface area contributed by atoms with Crippen LogP contribution in [0.4, 0.5) is 0 Å². The topological polar surface area (TPSA) is 82.0 Å². The number of hydrogen-bond donors (Lipinski definition) is 1. The summed E-state index contributed by atoms with van der Waals surface area (Å²) in [4.78, 5) is 10.7. The SMILES string of the molecule is Cc1cc(OCc2cc(-c3ccoc3)cc(-c3ccoc3)c2)ccc1OCC(=O)O. The number of benzene rings is 2. The molecule has 2 heterocycles. The number of carbonyl (C=O) groups is 1. The molecule has 0 atom stereocenters. The van der Waals surface area contributed by atoms with E-state index in [0.717, 1.165) is 33.4 Å². The van der Waals surface area contributed by atoms with Crippen LogP contribution in [0.2, 0.25) is 0 Å². The molecule has 0 radical (unpaired) electrons. The van der Waals surface area contributed by atoms with E-state index in [1.807, 2.05) is 25.1 Å². The molecular formula is C24H20O6. The Morgan fingerprint density at radius 2 is 1.53 bits per heavy atom. The maximum atomic E-state index is 10.7. The van der Waals surface area contributed by atoms with Gasteiger partial charge in [-0.3, -0.25) is 0 Å². The van der Waals surface area contributed by atoms with Gasteiger partial charge in [-0.2, -0.15) is 0 Å². The van der Waals surface area contributed by atoms with Crippen LogP contribution < -0.4 is 9.47 Å². The summed E-state index contributed by atoms with van der Waals surface area (Å²) in [5.74, 6) is 0.184. The molecule has 6 heteroatoms. The fourth-order valence-corrected chi connectivity index (χ4v) is 3.15. The third kappa shape index (κ3) is 4.55. The van der Waals surface area contributed by atoms with Crippen LogP contribution in [0.15, 0.2) is 82.4 Å². The van der Waals surface area contributed by atoms with Crippen molar-refractivity contribution in [3.8, 4) is 33.8 Å². The molecule has 4 aromatic rings. The normalized spacial score (nSPS) is 10.7. The average molecular weight is 404 g/mol. The van der Waals surface area contributed by atoms with Gasteiger partial charge in [0.1, 0.15) is 18.1 Å². The van der Waals surface area contributed by atoms with E-state index in [1.54, 1.807) is 37.2 Å². The van der Waals surface area contributed by atoms with Crippen LogP contribution in [0.3, 0.4) is 0 Å². The average Bonchev–Trinajstić information content (AvgIpc) is 3.45. The molecule has 0 saturated carbocycles. The summed E-state index contributed by atoms with van der Waals surface area (Å²) in [6, 6.07) is 15.3. The summed E-state index contributed by atoms with van der Waals surface area (Å²) < 4.78 is 21.7. The van der Waals surface area contributed by atoms with Crippen molar-refractivity contribution in [2.24, 2.45) is 0 Å². The first-order chi connectivity index (χ1) is 14.6. The molecule has 0 aliphatic heterocycles. The molecule has 0 amide bonds. The summed E-state index contributed by atoms with van der Waals surface area (Å²) in [6.45, 7) is 1.84. The van der Waals surface area contributed by atoms with Crippen molar-refractivity contribution in [3.63, 3.8) is 0 Å². The Labute approximate surface area is 173 Å². The van der Waals surface area contributed by atoms with Crippen molar-refractivity contribution in [2.45, 2.75) is 13.5 Å². The Morgan fingerprint density at radius 3 is 2.07 bits per heavy atom. The maximum absolute atomic E-state index is 10.7. The predicted octanol–water partition coefficient (Wildman–Crippen LogP) is 5.56. The van der Waals surface area contributed by atoms with Crippen LogP contribution in [-0.4, -0.2) is 17.7 Å². The lowest BCUT2D eigenvalue weighted by Crippen LogP contribution is -2.10. The van der Waals surface area contributed by atoms with Crippen molar-refractivity contribution < 1.29 is 28.2 Å². The highest BCUT2D eigenvalue weighted by atomic mass is 16.5. The van der Waals surface area contributed by atoms with E-state index in [4.69, 9.17) is 23.4 Å². The third-order valence-electron chi connectivity index (χ3n) is 4.60. The number of aliphatic carboxylic acids is 1. The molecule has 0 spiro atoms. The second-order valence-corrected chi connectivity index (χ2v) is 6.84. The highest BCUT2D eigenvalue weighted by molar-refractivity contribution is 5.73. The van der Waals surface area contributed by atoms with Crippen LogP contribution >= 0.6 is 0 Å². The van der Waals surface area contributed by atoms with Crippen molar-refractivity contribution in [1.29, 1.82) is 0 Å². The van der Waals surface area contributed by atoms with Crippen molar-refractivity contribution in [3.05, 3.63) is 84.7 Å². The number of rotatable bonds is 8. The molecule has 152 valence electrons. The fourth-order valence-electron chi connectivity index (χ4n) is 3.15. The van der Waals surface area contributed by atoms with Crippen LogP contribution in [0.5, 0.6) is 11.5 Å². The molecular weight excluding hydrogens is 384 g/mol. The van der Waals surface area contributed by atoms with E-state index in [-0.39, 0.29) is 6.61 Å². The zero-order valence-electron chi connectivity index (χ0n) is 16.3. The monoisotopic (exact) mass is 404 g/mol. The predicted molar refractivity (Wildman–Crippen MR) is 110 cm³/mol. The van der Waals surface area contributed by atoms with E-state index in [0.29, 0.717) is 18.1 Å². The van der Waals surface area contributed by atoms with Gasteiger partial charge >= 0.3 is 5.97 Å². The second kappa shape index (κ2) is 8.61.